The third-order valence-electron chi connectivity index (χ3n) is 6.85. The minimum absolute atomic E-state index is 0.0838. The zero-order valence-corrected chi connectivity index (χ0v) is 19.3. The van der Waals surface area contributed by atoms with Crippen LogP contribution in [0.4, 0.5) is 25.1 Å². The highest BCUT2D eigenvalue weighted by Gasteiger charge is 2.65. The molecular formula is C22H24F5N5O2S. The number of nitrogens with two attached hydrogens (primary N) is 1. The van der Waals surface area contributed by atoms with Crippen molar-refractivity contribution in [3.63, 3.8) is 0 Å². The Morgan fingerprint density at radius 1 is 1.09 bits per heavy atom. The molecule has 0 spiro atoms. The number of carbonyl (C=O) groups is 1. The molecule has 3 heterocycles. The summed E-state index contributed by atoms with van der Waals surface area (Å²) in [4.78, 5) is 24.5. The number of halogens is 5. The molecule has 0 atom stereocenters. The third-order valence-corrected chi connectivity index (χ3v) is 8.00. The minimum atomic E-state index is -9.88. The van der Waals surface area contributed by atoms with Gasteiger partial charge in [0.2, 0.25) is 0 Å². The van der Waals surface area contributed by atoms with Crippen LogP contribution in [0.25, 0.3) is 11.2 Å². The first-order valence-electron chi connectivity index (χ1n) is 11.1. The molecule has 4 N–H and O–H groups in total. The minimum Gasteiger partial charge on any atom is -0.398 e. The molecule has 5 rings (SSSR count). The molecule has 13 heteroatoms. The number of benzene rings is 1. The van der Waals surface area contributed by atoms with E-state index in [1.165, 1.54) is 4.90 Å². The Bertz CT molecular complexity index is 1320. The van der Waals surface area contributed by atoms with E-state index in [-0.39, 0.29) is 35.6 Å². The van der Waals surface area contributed by atoms with Crippen LogP contribution >= 0.6 is 10.2 Å². The van der Waals surface area contributed by atoms with E-state index in [2.05, 4.69) is 9.97 Å². The molecule has 2 aromatic heterocycles. The average Bonchev–Trinajstić information content (AvgIpc) is 3.19. The number of nitrogens with zero attached hydrogens (tertiary/aromatic N) is 3. The van der Waals surface area contributed by atoms with E-state index in [0.717, 1.165) is 16.9 Å². The summed E-state index contributed by atoms with van der Waals surface area (Å²) in [5.74, 6) is 0.451. The fourth-order valence-electron chi connectivity index (χ4n) is 4.82. The number of nitrogen functional groups attached to an aromatic ring is 1. The Hall–Kier alpha value is -2.93. The monoisotopic (exact) mass is 517 g/mol. The standard InChI is InChI=1S/C22H24F5N5O2S/c23-35(24,25,26,27)15-1-2-17(18(28)11-15)22(34)32-7-4-12(5-8-32)16-3-6-29-21-19(16)30-20(31-21)13-9-14(33)10-13/h1-3,6,11-14,33H,4-5,7-10,28H2,(H,29,30,31)/t13-,14-. The van der Waals surface area contributed by atoms with Crippen molar-refractivity contribution in [2.75, 3.05) is 18.8 Å². The van der Waals surface area contributed by atoms with E-state index >= 15 is 0 Å². The molecule has 7 nitrogen and oxygen atoms in total. The van der Waals surface area contributed by atoms with Gasteiger partial charge in [0.15, 0.2) is 5.65 Å². The number of rotatable bonds is 4. The van der Waals surface area contributed by atoms with Crippen molar-refractivity contribution in [1.82, 2.24) is 19.9 Å². The lowest BCUT2D eigenvalue weighted by atomic mass is 9.82. The van der Waals surface area contributed by atoms with Crippen molar-refractivity contribution in [3.8, 4) is 0 Å². The van der Waals surface area contributed by atoms with Gasteiger partial charge in [0.25, 0.3) is 5.91 Å². The summed E-state index contributed by atoms with van der Waals surface area (Å²) >= 11 is 0. The van der Waals surface area contributed by atoms with Crippen molar-refractivity contribution in [2.24, 2.45) is 0 Å². The summed E-state index contributed by atoms with van der Waals surface area (Å²) in [6, 6.07) is 2.95. The molecule has 1 saturated heterocycles. The molecule has 0 bridgehead atoms. The number of piperidine rings is 1. The first kappa shape index (κ1) is 23.8. The number of imidazole rings is 1. The fraction of sp³-hybridized carbons (Fsp3) is 0.409. The molecule has 1 aromatic carbocycles. The number of H-pyrrole nitrogens is 1. The fourth-order valence-corrected chi connectivity index (χ4v) is 5.50. The molecule has 0 unspecified atom stereocenters. The lowest BCUT2D eigenvalue weighted by Crippen LogP contribution is -2.38. The van der Waals surface area contributed by atoms with Crippen LogP contribution in [0.1, 0.15) is 59.3 Å². The highest BCUT2D eigenvalue weighted by atomic mass is 32.5. The van der Waals surface area contributed by atoms with Gasteiger partial charge in [-0.05, 0) is 61.4 Å². The lowest BCUT2D eigenvalue weighted by molar-refractivity contribution is 0.0710. The second-order valence-electron chi connectivity index (χ2n) is 9.33. The van der Waals surface area contributed by atoms with Gasteiger partial charge in [0.1, 0.15) is 16.2 Å². The maximum Gasteiger partial charge on any atom is 0.310 e. The van der Waals surface area contributed by atoms with E-state index in [1.807, 2.05) is 6.07 Å². The number of pyridine rings is 1. The van der Waals surface area contributed by atoms with Gasteiger partial charge in [-0.2, -0.15) is 0 Å². The van der Waals surface area contributed by atoms with Crippen LogP contribution in [0.5, 0.6) is 0 Å². The zero-order valence-electron chi connectivity index (χ0n) is 18.4. The molecule has 2 aliphatic rings. The Morgan fingerprint density at radius 3 is 2.37 bits per heavy atom. The van der Waals surface area contributed by atoms with Gasteiger partial charge in [-0.1, -0.05) is 19.4 Å². The average molecular weight is 518 g/mol. The van der Waals surface area contributed by atoms with E-state index in [9.17, 15) is 29.3 Å². The van der Waals surface area contributed by atoms with Gasteiger partial charge in [-0.15, -0.1) is 0 Å². The second-order valence-corrected chi connectivity index (χ2v) is 11.7. The first-order chi connectivity index (χ1) is 16.2. The maximum absolute atomic E-state index is 13.0. The van der Waals surface area contributed by atoms with Gasteiger partial charge >= 0.3 is 10.2 Å². The highest BCUT2D eigenvalue weighted by molar-refractivity contribution is 8.45. The van der Waals surface area contributed by atoms with E-state index in [0.29, 0.717) is 50.5 Å². The van der Waals surface area contributed by atoms with Crippen LogP contribution in [-0.2, 0) is 0 Å². The summed E-state index contributed by atoms with van der Waals surface area (Å²) in [5, 5.41) is 9.57. The molecule has 0 radical (unpaired) electrons. The predicted octanol–water partition coefficient (Wildman–Crippen LogP) is 5.46. The number of hydrogen-bond acceptors (Lipinski definition) is 5. The normalized spacial score (nSPS) is 23.5. The number of anilines is 1. The molecule has 3 aromatic rings. The summed E-state index contributed by atoms with van der Waals surface area (Å²) in [5.41, 5.74) is 7.11. The van der Waals surface area contributed by atoms with Crippen LogP contribution in [0.3, 0.4) is 0 Å². The molecule has 1 aliphatic heterocycles. The molecule has 1 aliphatic carbocycles. The van der Waals surface area contributed by atoms with Gasteiger partial charge in [-0.3, -0.25) is 4.79 Å². The van der Waals surface area contributed by atoms with Crippen LogP contribution < -0.4 is 5.73 Å². The van der Waals surface area contributed by atoms with Crippen molar-refractivity contribution in [1.29, 1.82) is 0 Å². The maximum atomic E-state index is 13.0. The summed E-state index contributed by atoms with van der Waals surface area (Å²) < 4.78 is 65.2. The highest BCUT2D eigenvalue weighted by Crippen LogP contribution is 3.02. The number of hydrogen-bond donors (Lipinski definition) is 3. The molecule has 35 heavy (non-hydrogen) atoms. The number of fused-ring (bicyclic) bond motifs is 1. The van der Waals surface area contributed by atoms with E-state index in [1.54, 1.807) is 6.20 Å². The van der Waals surface area contributed by atoms with Gasteiger partial charge in [0, 0.05) is 30.9 Å². The lowest BCUT2D eigenvalue weighted by Gasteiger charge is -2.40. The third kappa shape index (κ3) is 4.54. The Labute approximate surface area is 197 Å². The van der Waals surface area contributed by atoms with Crippen molar-refractivity contribution in [2.45, 2.75) is 48.5 Å². The number of aromatic nitrogens is 3. The summed E-state index contributed by atoms with van der Waals surface area (Å²) in [7, 11) is -9.88. The smallest absolute Gasteiger partial charge is 0.310 e. The quantitative estimate of drug-likeness (QED) is 0.315. The summed E-state index contributed by atoms with van der Waals surface area (Å²) in [6.07, 6.45) is 3.86. The van der Waals surface area contributed by atoms with Gasteiger partial charge in [0.05, 0.1) is 11.7 Å². The molecular weight excluding hydrogens is 493 g/mol. The molecule has 2 fully saturated rings. The number of likely N-dealkylation sites (tertiary alicyclic amines) is 1. The number of aliphatic hydroxyl groups excluding tert-OH is 1. The van der Waals surface area contributed by atoms with Crippen LogP contribution in [0.2, 0.25) is 0 Å². The Kier molecular flexibility index (Phi) is 4.96. The largest absolute Gasteiger partial charge is 0.398 e. The van der Waals surface area contributed by atoms with Gasteiger partial charge in [-0.25, -0.2) is 9.97 Å². The predicted molar refractivity (Wildman–Crippen MR) is 122 cm³/mol. The molecule has 1 amide bonds. The van der Waals surface area contributed by atoms with Crippen LogP contribution in [0.15, 0.2) is 35.4 Å². The van der Waals surface area contributed by atoms with Crippen LogP contribution in [-0.4, -0.2) is 50.1 Å². The number of aliphatic hydroxyl groups is 1. The summed E-state index contributed by atoms with van der Waals surface area (Å²) in [6.45, 7) is 0.643. The number of nitrogens with one attached hydrogen (secondary N) is 1. The number of carbonyl (C=O) groups excluding carboxylic acids is 1. The van der Waals surface area contributed by atoms with E-state index in [4.69, 9.17) is 10.7 Å². The topological polar surface area (TPSA) is 108 Å². The first-order valence-corrected chi connectivity index (χ1v) is 13.1. The zero-order chi connectivity index (χ0) is 25.2. The Balaban J connectivity index is 1.30. The molecule has 190 valence electrons. The van der Waals surface area contributed by atoms with Crippen molar-refractivity contribution < 1.29 is 29.3 Å². The van der Waals surface area contributed by atoms with Crippen LogP contribution in [0, 0.1) is 0 Å². The van der Waals surface area contributed by atoms with E-state index < -0.39 is 26.7 Å². The molecule has 1 saturated carbocycles. The number of aromatic amines is 1. The van der Waals surface area contributed by atoms with Crippen molar-refractivity contribution >= 4 is 33.0 Å². The SMILES string of the molecule is Nc1cc(S(F)(F)(F)(F)F)ccc1C(=O)N1CCC(c2ccnc3[nH]c([C@H]4C[C@H](O)C4)nc23)CC1. The van der Waals surface area contributed by atoms with Gasteiger partial charge < -0.3 is 20.7 Å². The number of amides is 1. The van der Waals surface area contributed by atoms with Crippen molar-refractivity contribution in [3.05, 3.63) is 47.4 Å². The second kappa shape index (κ2) is 7.29. The Morgan fingerprint density at radius 2 is 1.77 bits per heavy atom.